The summed E-state index contributed by atoms with van der Waals surface area (Å²) in [5.74, 6) is -0.314. The molecule has 126 valence electrons. The van der Waals surface area contributed by atoms with Crippen molar-refractivity contribution in [3.8, 4) is 5.75 Å². The molecule has 0 unspecified atom stereocenters. The second-order valence-electron chi connectivity index (χ2n) is 5.79. The van der Waals surface area contributed by atoms with Gasteiger partial charge in [-0.1, -0.05) is 26.0 Å². The van der Waals surface area contributed by atoms with E-state index in [1.165, 1.54) is 19.2 Å². The van der Waals surface area contributed by atoms with Crippen LogP contribution in [0.4, 0.5) is 10.1 Å². The van der Waals surface area contributed by atoms with Gasteiger partial charge in [0.2, 0.25) is 5.91 Å². The van der Waals surface area contributed by atoms with Gasteiger partial charge < -0.3 is 10.1 Å². The second-order valence-corrected chi connectivity index (χ2v) is 5.79. The number of nitrogens with one attached hydrogen (secondary N) is 1. The minimum Gasteiger partial charge on any atom is -0.495 e. The van der Waals surface area contributed by atoms with Gasteiger partial charge >= 0.3 is 0 Å². The van der Waals surface area contributed by atoms with E-state index in [4.69, 9.17) is 4.74 Å². The van der Waals surface area contributed by atoms with Crippen LogP contribution in [0.25, 0.3) is 0 Å². The molecule has 0 heterocycles. The standard InChI is InChI=1S/C19H20FNO3/c1-12(2)19(23)21-16-11-14(6-9-18(16)24-3)17(22)10-13-4-7-15(20)8-5-13/h4-9,11-12H,10H2,1-3H3,(H,21,23). The summed E-state index contributed by atoms with van der Waals surface area (Å²) in [5.41, 5.74) is 1.64. The fourth-order valence-electron chi connectivity index (χ4n) is 2.15. The van der Waals surface area contributed by atoms with E-state index in [0.717, 1.165) is 5.56 Å². The monoisotopic (exact) mass is 329 g/mol. The van der Waals surface area contributed by atoms with Gasteiger partial charge in [-0.25, -0.2) is 4.39 Å². The Balaban J connectivity index is 2.21. The third kappa shape index (κ3) is 4.41. The molecule has 1 N–H and O–H groups in total. The summed E-state index contributed by atoms with van der Waals surface area (Å²) in [6, 6.07) is 10.7. The highest BCUT2D eigenvalue weighted by Crippen LogP contribution is 2.26. The fourth-order valence-corrected chi connectivity index (χ4v) is 2.15. The van der Waals surface area contributed by atoms with Crippen molar-refractivity contribution in [3.63, 3.8) is 0 Å². The van der Waals surface area contributed by atoms with Crippen LogP contribution in [-0.4, -0.2) is 18.8 Å². The van der Waals surface area contributed by atoms with Crippen molar-refractivity contribution < 1.29 is 18.7 Å². The second kappa shape index (κ2) is 7.73. The first kappa shape index (κ1) is 17.7. The van der Waals surface area contributed by atoms with Crippen LogP contribution in [0.5, 0.6) is 5.75 Å². The van der Waals surface area contributed by atoms with Crippen molar-refractivity contribution in [3.05, 3.63) is 59.4 Å². The zero-order valence-electron chi connectivity index (χ0n) is 13.9. The maximum atomic E-state index is 12.9. The zero-order valence-corrected chi connectivity index (χ0v) is 13.9. The highest BCUT2D eigenvalue weighted by atomic mass is 19.1. The van der Waals surface area contributed by atoms with Gasteiger partial charge in [0.05, 0.1) is 12.8 Å². The van der Waals surface area contributed by atoms with E-state index in [9.17, 15) is 14.0 Å². The van der Waals surface area contributed by atoms with Gasteiger partial charge in [-0.2, -0.15) is 0 Å². The molecular formula is C19H20FNO3. The summed E-state index contributed by atoms with van der Waals surface area (Å²) in [4.78, 5) is 24.3. The number of benzene rings is 2. The molecule has 0 aliphatic carbocycles. The molecular weight excluding hydrogens is 309 g/mol. The van der Waals surface area contributed by atoms with Crippen LogP contribution in [0, 0.1) is 11.7 Å². The van der Waals surface area contributed by atoms with Gasteiger partial charge in [0.25, 0.3) is 0 Å². The lowest BCUT2D eigenvalue weighted by Gasteiger charge is -2.13. The number of halogens is 1. The smallest absolute Gasteiger partial charge is 0.227 e. The molecule has 0 aliphatic rings. The van der Waals surface area contributed by atoms with Crippen LogP contribution in [0.2, 0.25) is 0 Å². The number of methoxy groups -OCH3 is 1. The van der Waals surface area contributed by atoms with E-state index < -0.39 is 0 Å². The van der Waals surface area contributed by atoms with Crippen LogP contribution in [0.3, 0.4) is 0 Å². The number of ketones is 1. The molecule has 0 atom stereocenters. The normalized spacial score (nSPS) is 10.5. The minimum absolute atomic E-state index is 0.121. The first-order chi connectivity index (χ1) is 11.4. The molecule has 0 saturated carbocycles. The Kier molecular flexibility index (Phi) is 5.68. The summed E-state index contributed by atoms with van der Waals surface area (Å²) in [6.07, 6.45) is 0.157. The first-order valence-electron chi connectivity index (χ1n) is 7.67. The Bertz CT molecular complexity index is 739. The van der Waals surface area contributed by atoms with Crippen LogP contribution < -0.4 is 10.1 Å². The highest BCUT2D eigenvalue weighted by Gasteiger charge is 2.14. The van der Waals surface area contributed by atoms with E-state index in [0.29, 0.717) is 17.0 Å². The van der Waals surface area contributed by atoms with E-state index in [1.54, 1.807) is 44.2 Å². The summed E-state index contributed by atoms with van der Waals surface area (Å²) in [5, 5.41) is 2.76. The molecule has 2 rings (SSSR count). The van der Waals surface area contributed by atoms with E-state index in [-0.39, 0.29) is 29.8 Å². The van der Waals surface area contributed by atoms with Crippen molar-refractivity contribution in [1.29, 1.82) is 0 Å². The molecule has 2 aromatic carbocycles. The number of carbonyl (C=O) groups is 2. The average molecular weight is 329 g/mol. The van der Waals surface area contributed by atoms with Crippen LogP contribution in [0.1, 0.15) is 29.8 Å². The van der Waals surface area contributed by atoms with Crippen molar-refractivity contribution >= 4 is 17.4 Å². The number of hydrogen-bond acceptors (Lipinski definition) is 3. The SMILES string of the molecule is COc1ccc(C(=O)Cc2ccc(F)cc2)cc1NC(=O)C(C)C. The Hall–Kier alpha value is -2.69. The summed E-state index contributed by atoms with van der Waals surface area (Å²) in [6.45, 7) is 3.57. The Morgan fingerprint density at radius 1 is 1.12 bits per heavy atom. The maximum Gasteiger partial charge on any atom is 0.227 e. The molecule has 1 amide bonds. The summed E-state index contributed by atoms with van der Waals surface area (Å²) in [7, 11) is 1.50. The number of carbonyl (C=O) groups excluding carboxylic acids is 2. The number of rotatable bonds is 6. The zero-order chi connectivity index (χ0) is 17.7. The van der Waals surface area contributed by atoms with Gasteiger partial charge in [-0.15, -0.1) is 0 Å². The first-order valence-corrected chi connectivity index (χ1v) is 7.67. The van der Waals surface area contributed by atoms with Crippen LogP contribution in [-0.2, 0) is 11.2 Å². The number of amides is 1. The van der Waals surface area contributed by atoms with Crippen LogP contribution >= 0.6 is 0 Å². The summed E-state index contributed by atoms with van der Waals surface area (Å²) < 4.78 is 18.2. The fraction of sp³-hybridized carbons (Fsp3) is 0.263. The van der Waals surface area contributed by atoms with Crippen molar-refractivity contribution in [2.45, 2.75) is 20.3 Å². The topological polar surface area (TPSA) is 55.4 Å². The van der Waals surface area contributed by atoms with Gasteiger partial charge in [-0.3, -0.25) is 9.59 Å². The van der Waals surface area contributed by atoms with Gasteiger partial charge in [0, 0.05) is 17.9 Å². The third-order valence-corrected chi connectivity index (χ3v) is 3.58. The van der Waals surface area contributed by atoms with E-state index in [2.05, 4.69) is 5.32 Å². The number of anilines is 1. The van der Waals surface area contributed by atoms with Gasteiger partial charge in [0.15, 0.2) is 5.78 Å². The molecule has 0 aliphatic heterocycles. The maximum absolute atomic E-state index is 12.9. The Morgan fingerprint density at radius 2 is 1.79 bits per heavy atom. The van der Waals surface area contributed by atoms with Gasteiger partial charge in [0.1, 0.15) is 11.6 Å². The lowest BCUT2D eigenvalue weighted by Crippen LogP contribution is -2.18. The summed E-state index contributed by atoms with van der Waals surface area (Å²) >= 11 is 0. The van der Waals surface area contributed by atoms with Crippen molar-refractivity contribution in [2.75, 3.05) is 12.4 Å². The van der Waals surface area contributed by atoms with E-state index >= 15 is 0 Å². The molecule has 24 heavy (non-hydrogen) atoms. The highest BCUT2D eigenvalue weighted by molar-refractivity contribution is 6.00. The molecule has 0 radical (unpaired) electrons. The minimum atomic E-state index is -0.339. The number of hydrogen-bond donors (Lipinski definition) is 1. The predicted octanol–water partition coefficient (Wildman–Crippen LogP) is 3.85. The molecule has 0 aromatic heterocycles. The molecule has 0 spiro atoms. The molecule has 5 heteroatoms. The molecule has 2 aromatic rings. The quantitative estimate of drug-likeness (QED) is 0.819. The average Bonchev–Trinajstić information content (AvgIpc) is 2.56. The molecule has 0 saturated heterocycles. The van der Waals surface area contributed by atoms with E-state index in [1.807, 2.05) is 0 Å². The van der Waals surface area contributed by atoms with Gasteiger partial charge in [-0.05, 0) is 35.9 Å². The molecule has 4 nitrogen and oxygen atoms in total. The predicted molar refractivity (Wildman–Crippen MR) is 90.9 cm³/mol. The molecule has 0 bridgehead atoms. The molecule has 0 fully saturated rings. The number of ether oxygens (including phenoxy) is 1. The Morgan fingerprint density at radius 3 is 2.38 bits per heavy atom. The van der Waals surface area contributed by atoms with Crippen LogP contribution in [0.15, 0.2) is 42.5 Å². The van der Waals surface area contributed by atoms with Crippen molar-refractivity contribution in [1.82, 2.24) is 0 Å². The number of Topliss-reactive ketones (excluding diaryl/α,β-unsaturated/α-hetero) is 1. The lowest BCUT2D eigenvalue weighted by atomic mass is 10.0. The largest absolute Gasteiger partial charge is 0.495 e. The Labute approximate surface area is 140 Å². The van der Waals surface area contributed by atoms with Crippen molar-refractivity contribution in [2.24, 2.45) is 5.92 Å². The third-order valence-electron chi connectivity index (χ3n) is 3.58. The lowest BCUT2D eigenvalue weighted by molar-refractivity contribution is -0.118.